The minimum absolute atomic E-state index is 0.0591. The van der Waals surface area contributed by atoms with E-state index in [0.29, 0.717) is 4.88 Å². The first kappa shape index (κ1) is 17.4. The van der Waals surface area contributed by atoms with Gasteiger partial charge in [-0.05, 0) is 18.6 Å². The number of ketones is 1. The molecule has 0 saturated carbocycles. The molecule has 0 spiro atoms. The molecule has 2 aromatic heterocycles. The van der Waals surface area contributed by atoms with Gasteiger partial charge in [0.05, 0.1) is 4.88 Å². The molecule has 0 amide bonds. The maximum absolute atomic E-state index is 12.3. The van der Waals surface area contributed by atoms with Gasteiger partial charge in [0.25, 0.3) is 0 Å². The molecule has 0 bridgehead atoms. The lowest BCUT2D eigenvalue weighted by atomic mass is 10.1. The number of hydrogen-bond donors (Lipinski definition) is 0. The number of aromatic nitrogens is 2. The Hall–Kier alpha value is -1.91. The Labute approximate surface area is 129 Å². The van der Waals surface area contributed by atoms with Crippen molar-refractivity contribution in [2.24, 2.45) is 0 Å². The van der Waals surface area contributed by atoms with E-state index in [9.17, 15) is 31.1 Å². The SMILES string of the molecule is O=C(CCc1ccc(-c2noc(C(F)(F)F)n2)s1)CC(F)(F)F. The van der Waals surface area contributed by atoms with E-state index in [1.54, 1.807) is 0 Å². The van der Waals surface area contributed by atoms with Crippen LogP contribution in [-0.2, 0) is 17.4 Å². The van der Waals surface area contributed by atoms with E-state index in [4.69, 9.17) is 0 Å². The fraction of sp³-hybridized carbons (Fsp3) is 0.417. The van der Waals surface area contributed by atoms with Crippen molar-refractivity contribution >= 4 is 17.1 Å². The smallest absolute Gasteiger partial charge is 0.329 e. The Balaban J connectivity index is 1.98. The molecule has 11 heteroatoms. The molecule has 0 N–H and O–H groups in total. The third kappa shape index (κ3) is 5.05. The van der Waals surface area contributed by atoms with Crippen molar-refractivity contribution in [2.45, 2.75) is 31.6 Å². The molecule has 126 valence electrons. The predicted molar refractivity (Wildman–Crippen MR) is 66.6 cm³/mol. The molecule has 2 heterocycles. The van der Waals surface area contributed by atoms with Gasteiger partial charge in [-0.3, -0.25) is 4.79 Å². The number of Topliss-reactive ketones (excluding diaryl/α,β-unsaturated/α-hetero) is 1. The molecule has 0 atom stereocenters. The van der Waals surface area contributed by atoms with Crippen LogP contribution in [0, 0.1) is 0 Å². The van der Waals surface area contributed by atoms with Gasteiger partial charge in [-0.1, -0.05) is 5.16 Å². The Morgan fingerprint density at radius 1 is 1.17 bits per heavy atom. The van der Waals surface area contributed by atoms with Crippen molar-refractivity contribution in [3.8, 4) is 10.7 Å². The van der Waals surface area contributed by atoms with Gasteiger partial charge in [-0.25, -0.2) is 0 Å². The summed E-state index contributed by atoms with van der Waals surface area (Å²) < 4.78 is 77.2. The predicted octanol–water partition coefficient (Wildman–Crippen LogP) is 4.27. The lowest BCUT2D eigenvalue weighted by molar-refractivity contribution is -0.159. The summed E-state index contributed by atoms with van der Waals surface area (Å²) >= 11 is 0.984. The third-order valence-corrected chi connectivity index (χ3v) is 3.74. The summed E-state index contributed by atoms with van der Waals surface area (Å²) in [5, 5.41) is 3.20. The van der Waals surface area contributed by atoms with Crippen molar-refractivity contribution in [2.75, 3.05) is 0 Å². The van der Waals surface area contributed by atoms with Crippen molar-refractivity contribution in [3.63, 3.8) is 0 Å². The first-order valence-corrected chi connectivity index (χ1v) is 6.95. The van der Waals surface area contributed by atoms with Gasteiger partial charge in [0.1, 0.15) is 12.2 Å². The average molecular weight is 358 g/mol. The fourth-order valence-electron chi connectivity index (χ4n) is 1.65. The molecule has 0 radical (unpaired) electrons. The van der Waals surface area contributed by atoms with Crippen LogP contribution in [-0.4, -0.2) is 22.1 Å². The summed E-state index contributed by atoms with van der Waals surface area (Å²) in [7, 11) is 0. The van der Waals surface area contributed by atoms with Crippen LogP contribution in [0.2, 0.25) is 0 Å². The Morgan fingerprint density at radius 3 is 2.43 bits per heavy atom. The zero-order valence-electron chi connectivity index (χ0n) is 11.2. The summed E-state index contributed by atoms with van der Waals surface area (Å²) in [6, 6.07) is 2.91. The van der Waals surface area contributed by atoms with Crippen molar-refractivity contribution in [1.82, 2.24) is 10.1 Å². The van der Waals surface area contributed by atoms with Crippen LogP contribution in [0.4, 0.5) is 26.3 Å². The maximum Gasteiger partial charge on any atom is 0.471 e. The first-order chi connectivity index (χ1) is 10.5. The standard InChI is InChI=1S/C12H8F6N2O2S/c13-11(14,15)5-6(21)1-2-7-3-4-8(23-7)9-19-10(22-20-9)12(16,17)18/h3-4H,1-2,5H2. The number of aryl methyl sites for hydroxylation is 1. The van der Waals surface area contributed by atoms with Gasteiger partial charge in [-0.15, -0.1) is 11.3 Å². The molecule has 2 aromatic rings. The monoisotopic (exact) mass is 358 g/mol. The van der Waals surface area contributed by atoms with Gasteiger partial charge in [-0.2, -0.15) is 31.3 Å². The van der Waals surface area contributed by atoms with Crippen LogP contribution in [0.15, 0.2) is 16.7 Å². The fourth-order valence-corrected chi connectivity index (χ4v) is 2.58. The first-order valence-electron chi connectivity index (χ1n) is 6.13. The molecule has 0 saturated heterocycles. The van der Waals surface area contributed by atoms with Crippen LogP contribution >= 0.6 is 11.3 Å². The number of thiophene rings is 1. The number of alkyl halides is 6. The number of carbonyl (C=O) groups is 1. The average Bonchev–Trinajstić information content (AvgIpc) is 3.02. The summed E-state index contributed by atoms with van der Waals surface area (Å²) in [5.74, 6) is -2.70. The van der Waals surface area contributed by atoms with E-state index in [1.165, 1.54) is 12.1 Å². The third-order valence-electron chi connectivity index (χ3n) is 2.60. The molecule has 0 fully saturated rings. The van der Waals surface area contributed by atoms with E-state index >= 15 is 0 Å². The molecule has 0 aliphatic carbocycles. The van der Waals surface area contributed by atoms with E-state index in [1.807, 2.05) is 0 Å². The topological polar surface area (TPSA) is 56.0 Å². The number of halogens is 6. The van der Waals surface area contributed by atoms with Crippen LogP contribution in [0.1, 0.15) is 23.6 Å². The number of carbonyl (C=O) groups excluding carboxylic acids is 1. The van der Waals surface area contributed by atoms with Crippen molar-refractivity contribution in [3.05, 3.63) is 22.9 Å². The summed E-state index contributed by atoms with van der Waals surface area (Å²) in [6.07, 6.45) is -11.0. The summed E-state index contributed by atoms with van der Waals surface area (Å²) in [5.41, 5.74) is 0. The van der Waals surface area contributed by atoms with Crippen LogP contribution in [0.25, 0.3) is 10.7 Å². The second kappa shape index (κ2) is 6.30. The van der Waals surface area contributed by atoms with Crippen molar-refractivity contribution in [1.29, 1.82) is 0 Å². The second-order valence-corrected chi connectivity index (χ2v) is 5.69. The highest BCUT2D eigenvalue weighted by Crippen LogP contribution is 2.32. The van der Waals surface area contributed by atoms with Crippen LogP contribution < -0.4 is 0 Å². The van der Waals surface area contributed by atoms with E-state index in [2.05, 4.69) is 14.7 Å². The highest BCUT2D eigenvalue weighted by Gasteiger charge is 2.38. The molecule has 2 rings (SSSR count). The summed E-state index contributed by atoms with van der Waals surface area (Å²) in [4.78, 5) is 15.1. The Bertz CT molecular complexity index is 688. The lowest BCUT2D eigenvalue weighted by Gasteiger charge is -2.04. The van der Waals surface area contributed by atoms with E-state index < -0.39 is 30.4 Å². The zero-order valence-corrected chi connectivity index (χ0v) is 12.0. The van der Waals surface area contributed by atoms with E-state index in [-0.39, 0.29) is 23.5 Å². The molecule has 0 aromatic carbocycles. The van der Waals surface area contributed by atoms with Gasteiger partial charge < -0.3 is 4.52 Å². The van der Waals surface area contributed by atoms with Gasteiger partial charge in [0.15, 0.2) is 0 Å². The molecular weight excluding hydrogens is 350 g/mol. The number of nitrogens with zero attached hydrogens (tertiary/aromatic N) is 2. The highest BCUT2D eigenvalue weighted by molar-refractivity contribution is 7.15. The van der Waals surface area contributed by atoms with Crippen molar-refractivity contribution < 1.29 is 35.7 Å². The van der Waals surface area contributed by atoms with Gasteiger partial charge in [0, 0.05) is 11.3 Å². The molecule has 23 heavy (non-hydrogen) atoms. The molecule has 4 nitrogen and oxygen atoms in total. The van der Waals surface area contributed by atoms with Gasteiger partial charge in [0.2, 0.25) is 5.82 Å². The van der Waals surface area contributed by atoms with Crippen LogP contribution in [0.3, 0.4) is 0 Å². The zero-order chi connectivity index (χ0) is 17.3. The lowest BCUT2D eigenvalue weighted by Crippen LogP contribution is -2.15. The highest BCUT2D eigenvalue weighted by atomic mass is 32.1. The maximum atomic E-state index is 12.3. The summed E-state index contributed by atoms with van der Waals surface area (Å²) in [6.45, 7) is 0. The molecular formula is C12H8F6N2O2S. The largest absolute Gasteiger partial charge is 0.471 e. The van der Waals surface area contributed by atoms with Crippen LogP contribution in [0.5, 0.6) is 0 Å². The van der Waals surface area contributed by atoms with Gasteiger partial charge >= 0.3 is 18.2 Å². The molecule has 0 aliphatic heterocycles. The Morgan fingerprint density at radius 2 is 1.87 bits per heavy atom. The normalized spacial score (nSPS) is 12.6. The second-order valence-electron chi connectivity index (χ2n) is 4.52. The molecule has 0 aliphatic rings. The minimum atomic E-state index is -4.75. The molecule has 0 unspecified atom stereocenters. The minimum Gasteiger partial charge on any atom is -0.329 e. The van der Waals surface area contributed by atoms with E-state index in [0.717, 1.165) is 11.3 Å². The number of rotatable bonds is 5. The number of hydrogen-bond acceptors (Lipinski definition) is 5. The quantitative estimate of drug-likeness (QED) is 0.749. The Kier molecular flexibility index (Phi) is 4.78.